The van der Waals surface area contributed by atoms with E-state index in [1.165, 1.54) is 4.80 Å². The summed E-state index contributed by atoms with van der Waals surface area (Å²) >= 11 is 0. The molecule has 18 heavy (non-hydrogen) atoms. The van der Waals surface area contributed by atoms with Crippen molar-refractivity contribution in [3.8, 4) is 5.75 Å². The lowest BCUT2D eigenvalue weighted by Crippen LogP contribution is -2.00. The zero-order valence-corrected chi connectivity index (χ0v) is 10.4. The summed E-state index contributed by atoms with van der Waals surface area (Å²) in [5.41, 5.74) is 0.891. The van der Waals surface area contributed by atoms with Crippen molar-refractivity contribution in [2.24, 2.45) is 7.05 Å². The molecule has 0 saturated carbocycles. The van der Waals surface area contributed by atoms with Crippen molar-refractivity contribution < 1.29 is 9.84 Å². The largest absolute Gasteiger partial charge is 0.485 e. The molecular weight excluding hydrogens is 232 g/mol. The molecule has 0 fully saturated rings. The maximum Gasteiger partial charge on any atom is 0.212 e. The highest BCUT2D eigenvalue weighted by molar-refractivity contribution is 5.28. The van der Waals surface area contributed by atoms with Crippen LogP contribution in [0.3, 0.4) is 0 Å². The fourth-order valence-electron chi connectivity index (χ4n) is 1.55. The first kappa shape index (κ1) is 12.5. The third kappa shape index (κ3) is 3.04. The van der Waals surface area contributed by atoms with Crippen LogP contribution in [-0.2, 0) is 13.7 Å². The van der Waals surface area contributed by atoms with Crippen LogP contribution in [0, 0.1) is 0 Å². The summed E-state index contributed by atoms with van der Waals surface area (Å²) in [7, 11) is 1.71. The predicted molar refractivity (Wildman–Crippen MR) is 64.8 cm³/mol. The first-order chi connectivity index (χ1) is 8.69. The van der Waals surface area contributed by atoms with E-state index in [0.717, 1.165) is 11.3 Å². The Balaban J connectivity index is 1.94. The van der Waals surface area contributed by atoms with Gasteiger partial charge in [-0.25, -0.2) is 0 Å². The molecule has 1 atom stereocenters. The number of rotatable bonds is 5. The number of benzene rings is 1. The Labute approximate surface area is 105 Å². The van der Waals surface area contributed by atoms with Crippen molar-refractivity contribution in [1.29, 1.82) is 0 Å². The molecule has 0 radical (unpaired) electrons. The minimum absolute atomic E-state index is 0.281. The van der Waals surface area contributed by atoms with Gasteiger partial charge in [-0.3, -0.25) is 0 Å². The third-order valence-electron chi connectivity index (χ3n) is 2.57. The van der Waals surface area contributed by atoms with Gasteiger partial charge in [-0.1, -0.05) is 19.1 Å². The number of aromatic nitrogens is 4. The number of tetrazole rings is 1. The highest BCUT2D eigenvalue weighted by atomic mass is 16.5. The minimum atomic E-state index is -0.416. The summed E-state index contributed by atoms with van der Waals surface area (Å²) in [5, 5.41) is 21.2. The lowest BCUT2D eigenvalue weighted by Gasteiger charge is -2.09. The Morgan fingerprint density at radius 2 is 2.06 bits per heavy atom. The van der Waals surface area contributed by atoms with Gasteiger partial charge in [0, 0.05) is 0 Å². The molecule has 2 rings (SSSR count). The molecule has 96 valence electrons. The van der Waals surface area contributed by atoms with E-state index in [1.807, 2.05) is 31.2 Å². The van der Waals surface area contributed by atoms with E-state index in [9.17, 15) is 5.11 Å². The minimum Gasteiger partial charge on any atom is -0.485 e. The maximum atomic E-state index is 9.66. The molecule has 2 aromatic rings. The van der Waals surface area contributed by atoms with Gasteiger partial charge < -0.3 is 9.84 Å². The van der Waals surface area contributed by atoms with Gasteiger partial charge in [-0.15, -0.1) is 10.2 Å². The fraction of sp³-hybridized carbons (Fsp3) is 0.417. The van der Waals surface area contributed by atoms with Gasteiger partial charge in [0.05, 0.1) is 13.2 Å². The molecule has 1 aromatic heterocycles. The third-order valence-corrected chi connectivity index (χ3v) is 2.57. The molecule has 0 saturated heterocycles. The second-order valence-electron chi connectivity index (χ2n) is 3.98. The van der Waals surface area contributed by atoms with Gasteiger partial charge in [0.15, 0.2) is 6.61 Å². The topological polar surface area (TPSA) is 73.1 Å². The molecular formula is C12H16N4O2. The summed E-state index contributed by atoms with van der Waals surface area (Å²) in [6.45, 7) is 2.22. The van der Waals surface area contributed by atoms with E-state index in [2.05, 4.69) is 15.4 Å². The van der Waals surface area contributed by atoms with Crippen LogP contribution in [0.5, 0.6) is 5.75 Å². The van der Waals surface area contributed by atoms with E-state index < -0.39 is 6.10 Å². The van der Waals surface area contributed by atoms with Crippen molar-refractivity contribution in [2.45, 2.75) is 26.1 Å². The molecule has 1 heterocycles. The Bertz CT molecular complexity index is 495. The van der Waals surface area contributed by atoms with Gasteiger partial charge in [0.2, 0.25) is 5.82 Å². The van der Waals surface area contributed by atoms with Crippen LogP contribution in [0.15, 0.2) is 24.3 Å². The van der Waals surface area contributed by atoms with E-state index >= 15 is 0 Å². The van der Waals surface area contributed by atoms with Crippen LogP contribution >= 0.6 is 0 Å². The number of aliphatic hydroxyl groups is 1. The molecule has 0 aliphatic rings. The summed E-state index contributed by atoms with van der Waals surface area (Å²) in [6, 6.07) is 7.36. The molecule has 6 nitrogen and oxygen atoms in total. The highest BCUT2D eigenvalue weighted by Crippen LogP contribution is 2.20. The summed E-state index contributed by atoms with van der Waals surface area (Å²) in [6.07, 6.45) is 0.282. The van der Waals surface area contributed by atoms with E-state index in [0.29, 0.717) is 12.2 Å². The molecule has 0 spiro atoms. The van der Waals surface area contributed by atoms with Crippen LogP contribution < -0.4 is 4.74 Å². The molecule has 0 amide bonds. The van der Waals surface area contributed by atoms with Crippen LogP contribution in [0.1, 0.15) is 30.8 Å². The highest BCUT2D eigenvalue weighted by Gasteiger charge is 2.05. The molecule has 0 unspecified atom stereocenters. The van der Waals surface area contributed by atoms with Crippen molar-refractivity contribution in [3.05, 3.63) is 35.7 Å². The number of aryl methyl sites for hydroxylation is 1. The molecule has 1 aromatic carbocycles. The van der Waals surface area contributed by atoms with Gasteiger partial charge in [0.1, 0.15) is 5.75 Å². The van der Waals surface area contributed by atoms with Crippen LogP contribution in [0.4, 0.5) is 0 Å². The number of nitrogens with zero attached hydrogens (tertiary/aromatic N) is 4. The second-order valence-corrected chi connectivity index (χ2v) is 3.98. The average molecular weight is 248 g/mol. The van der Waals surface area contributed by atoms with Crippen LogP contribution in [-0.4, -0.2) is 25.3 Å². The Kier molecular flexibility index (Phi) is 3.88. The lowest BCUT2D eigenvalue weighted by atomic mass is 10.1. The Morgan fingerprint density at radius 3 is 2.61 bits per heavy atom. The van der Waals surface area contributed by atoms with Crippen molar-refractivity contribution in [2.75, 3.05) is 0 Å². The zero-order valence-electron chi connectivity index (χ0n) is 10.4. The van der Waals surface area contributed by atoms with Gasteiger partial charge >= 0.3 is 0 Å². The zero-order chi connectivity index (χ0) is 13.0. The van der Waals surface area contributed by atoms with Gasteiger partial charge in [-0.05, 0) is 29.3 Å². The summed E-state index contributed by atoms with van der Waals surface area (Å²) < 4.78 is 5.51. The predicted octanol–water partition coefficient (Wildman–Crippen LogP) is 1.23. The van der Waals surface area contributed by atoms with E-state index in [-0.39, 0.29) is 6.61 Å². The summed E-state index contributed by atoms with van der Waals surface area (Å²) in [5.74, 6) is 1.25. The van der Waals surface area contributed by atoms with Crippen molar-refractivity contribution in [3.63, 3.8) is 0 Å². The van der Waals surface area contributed by atoms with Crippen LogP contribution in [0.25, 0.3) is 0 Å². The molecule has 0 aliphatic carbocycles. The number of aliphatic hydroxyl groups excluding tert-OH is 1. The van der Waals surface area contributed by atoms with Crippen molar-refractivity contribution in [1.82, 2.24) is 20.2 Å². The average Bonchev–Trinajstić information content (AvgIpc) is 2.82. The standard InChI is InChI=1S/C12H16N4O2/c1-3-11(17)9-4-6-10(7-5-9)18-8-12-13-15-16(2)14-12/h4-7,11,17H,3,8H2,1-2H3/t11-/m0/s1. The Morgan fingerprint density at radius 1 is 1.33 bits per heavy atom. The SMILES string of the molecule is CC[C@H](O)c1ccc(OCc2nnn(C)n2)cc1. The molecule has 0 aliphatic heterocycles. The first-order valence-corrected chi connectivity index (χ1v) is 5.82. The maximum absolute atomic E-state index is 9.66. The second kappa shape index (κ2) is 5.59. The van der Waals surface area contributed by atoms with Crippen molar-refractivity contribution >= 4 is 0 Å². The fourth-order valence-corrected chi connectivity index (χ4v) is 1.55. The molecule has 0 bridgehead atoms. The molecule has 1 N–H and O–H groups in total. The molecule has 6 heteroatoms. The van der Waals surface area contributed by atoms with E-state index in [1.54, 1.807) is 7.05 Å². The number of ether oxygens (including phenoxy) is 1. The van der Waals surface area contributed by atoms with Gasteiger partial charge in [-0.2, -0.15) is 4.80 Å². The number of hydrogen-bond donors (Lipinski definition) is 1. The van der Waals surface area contributed by atoms with Crippen LogP contribution in [0.2, 0.25) is 0 Å². The van der Waals surface area contributed by atoms with Gasteiger partial charge in [0.25, 0.3) is 0 Å². The number of hydrogen-bond acceptors (Lipinski definition) is 5. The summed E-state index contributed by atoms with van der Waals surface area (Å²) in [4.78, 5) is 1.39. The smallest absolute Gasteiger partial charge is 0.212 e. The first-order valence-electron chi connectivity index (χ1n) is 5.82. The normalized spacial score (nSPS) is 12.4. The quantitative estimate of drug-likeness (QED) is 0.861. The monoisotopic (exact) mass is 248 g/mol. The Hall–Kier alpha value is -1.95. The van der Waals surface area contributed by atoms with E-state index in [4.69, 9.17) is 4.74 Å². The lowest BCUT2D eigenvalue weighted by molar-refractivity contribution is 0.173.